The van der Waals surface area contributed by atoms with Gasteiger partial charge >= 0.3 is 0 Å². The molecule has 0 unspecified atom stereocenters. The van der Waals surface area contributed by atoms with Crippen LogP contribution in [0.3, 0.4) is 0 Å². The summed E-state index contributed by atoms with van der Waals surface area (Å²) in [6.07, 6.45) is 8.98. The molecule has 0 spiro atoms. The number of rotatable bonds is 6. The average Bonchev–Trinajstić information content (AvgIpc) is 3.28. The number of nitrogens with one attached hydrogen (secondary N) is 2. The van der Waals surface area contributed by atoms with E-state index in [2.05, 4.69) is 39.7 Å². The van der Waals surface area contributed by atoms with Gasteiger partial charge in [-0.05, 0) is 49.6 Å². The fourth-order valence-electron chi connectivity index (χ4n) is 4.45. The summed E-state index contributed by atoms with van der Waals surface area (Å²) in [5, 5.41) is 6.44. The number of imidazole rings is 1. The smallest absolute Gasteiger partial charge is 0.227 e. The van der Waals surface area contributed by atoms with E-state index >= 15 is 0 Å². The molecule has 1 amide bonds. The highest BCUT2D eigenvalue weighted by Crippen LogP contribution is 2.26. The summed E-state index contributed by atoms with van der Waals surface area (Å²) in [6, 6.07) is 18.0. The molecule has 2 N–H and O–H groups in total. The van der Waals surface area contributed by atoms with E-state index in [1.807, 2.05) is 47.0 Å². The van der Waals surface area contributed by atoms with E-state index in [4.69, 9.17) is 4.98 Å². The van der Waals surface area contributed by atoms with Gasteiger partial charge in [0.1, 0.15) is 12.1 Å². The van der Waals surface area contributed by atoms with Crippen molar-refractivity contribution in [3.8, 4) is 5.82 Å². The molecule has 168 valence electrons. The zero-order valence-corrected chi connectivity index (χ0v) is 18.7. The third-order valence-corrected chi connectivity index (χ3v) is 6.32. The third-order valence-electron chi connectivity index (χ3n) is 6.32. The second kappa shape index (κ2) is 9.40. The highest BCUT2D eigenvalue weighted by Gasteiger charge is 2.21. The Labute approximate surface area is 193 Å². The number of fused-ring (bicyclic) bond motifs is 1. The summed E-state index contributed by atoms with van der Waals surface area (Å²) in [7, 11) is 0. The van der Waals surface area contributed by atoms with Gasteiger partial charge in [0.25, 0.3) is 0 Å². The molecule has 2 aromatic heterocycles. The average molecular weight is 441 g/mol. The number of hydrogen-bond acceptors (Lipinski definition) is 5. The molecule has 1 fully saturated rings. The van der Waals surface area contributed by atoms with Crippen LogP contribution >= 0.6 is 0 Å². The van der Waals surface area contributed by atoms with E-state index in [9.17, 15) is 4.79 Å². The number of aromatic nitrogens is 4. The Hall–Kier alpha value is -3.74. The maximum atomic E-state index is 12.6. The first-order valence-corrected chi connectivity index (χ1v) is 11.6. The molecule has 1 saturated carbocycles. The lowest BCUT2D eigenvalue weighted by atomic mass is 9.88. The highest BCUT2D eigenvalue weighted by molar-refractivity contribution is 5.94. The van der Waals surface area contributed by atoms with Gasteiger partial charge in [0.15, 0.2) is 0 Å². The van der Waals surface area contributed by atoms with Crippen molar-refractivity contribution in [3.05, 3.63) is 72.7 Å². The second-order valence-corrected chi connectivity index (χ2v) is 8.66. The van der Waals surface area contributed by atoms with Crippen LogP contribution in [-0.4, -0.2) is 25.4 Å². The Morgan fingerprint density at radius 2 is 1.85 bits per heavy atom. The van der Waals surface area contributed by atoms with E-state index in [-0.39, 0.29) is 17.9 Å². The highest BCUT2D eigenvalue weighted by atomic mass is 16.1. The molecular formula is C26H28N6O. The van der Waals surface area contributed by atoms with Gasteiger partial charge in [0.2, 0.25) is 11.9 Å². The Morgan fingerprint density at radius 3 is 2.67 bits per heavy atom. The predicted octanol–water partition coefficient (Wildman–Crippen LogP) is 5.51. The van der Waals surface area contributed by atoms with Gasteiger partial charge in [-0.25, -0.2) is 9.97 Å². The lowest BCUT2D eigenvalue weighted by Crippen LogP contribution is -2.24. The minimum Gasteiger partial charge on any atom is -0.348 e. The molecule has 0 bridgehead atoms. The Balaban J connectivity index is 1.34. The molecule has 0 radical (unpaired) electrons. The first kappa shape index (κ1) is 21.1. The van der Waals surface area contributed by atoms with Gasteiger partial charge in [-0.15, -0.1) is 0 Å². The van der Waals surface area contributed by atoms with E-state index < -0.39 is 0 Å². The van der Waals surface area contributed by atoms with Crippen molar-refractivity contribution in [1.82, 2.24) is 19.5 Å². The number of carbonyl (C=O) groups is 1. The largest absolute Gasteiger partial charge is 0.348 e. The summed E-state index contributed by atoms with van der Waals surface area (Å²) in [4.78, 5) is 26.2. The molecule has 0 saturated heterocycles. The second-order valence-electron chi connectivity index (χ2n) is 8.66. The van der Waals surface area contributed by atoms with Crippen molar-refractivity contribution >= 4 is 28.6 Å². The summed E-state index contributed by atoms with van der Waals surface area (Å²) in [5.74, 6) is 1.53. The molecule has 33 heavy (non-hydrogen) atoms. The standard InChI is InChI=1S/C26H28N6O/c1-18(19-8-4-2-5-9-19)29-26-27-15-14-24(31-26)32-17-28-22-16-21(12-13-23(22)32)30-25(33)20-10-6-3-7-11-20/h2,4-5,8-9,12-18,20H,3,6-7,10-11H2,1H3,(H,30,33)(H,27,29,31)/t18-/m0/s1. The Morgan fingerprint density at radius 1 is 1.03 bits per heavy atom. The monoisotopic (exact) mass is 440 g/mol. The molecule has 4 aromatic rings. The van der Waals surface area contributed by atoms with Crippen LogP contribution in [0.2, 0.25) is 0 Å². The van der Waals surface area contributed by atoms with Crippen molar-refractivity contribution in [2.24, 2.45) is 5.92 Å². The molecule has 2 aromatic carbocycles. The topological polar surface area (TPSA) is 84.7 Å². The molecule has 7 nitrogen and oxygen atoms in total. The minimum absolute atomic E-state index is 0.0799. The maximum absolute atomic E-state index is 12.6. The van der Waals surface area contributed by atoms with Crippen LogP contribution in [0.5, 0.6) is 0 Å². The summed E-state index contributed by atoms with van der Waals surface area (Å²) < 4.78 is 1.93. The summed E-state index contributed by atoms with van der Waals surface area (Å²) in [6.45, 7) is 2.08. The van der Waals surface area contributed by atoms with Crippen LogP contribution in [0, 0.1) is 5.92 Å². The SMILES string of the molecule is C[C@H](Nc1nccc(-n2cnc3cc(NC(=O)C4CCCCC4)ccc32)n1)c1ccccc1. The zero-order chi connectivity index (χ0) is 22.6. The van der Waals surface area contributed by atoms with Crippen LogP contribution in [0.4, 0.5) is 11.6 Å². The molecule has 1 atom stereocenters. The first-order valence-electron chi connectivity index (χ1n) is 11.6. The molecule has 7 heteroatoms. The van der Waals surface area contributed by atoms with Crippen molar-refractivity contribution < 1.29 is 4.79 Å². The Bertz CT molecular complexity index is 1250. The van der Waals surface area contributed by atoms with Gasteiger partial charge in [-0.3, -0.25) is 9.36 Å². The predicted molar refractivity (Wildman–Crippen MR) is 130 cm³/mol. The van der Waals surface area contributed by atoms with Gasteiger partial charge in [0.05, 0.1) is 17.1 Å². The van der Waals surface area contributed by atoms with Crippen LogP contribution in [0.15, 0.2) is 67.1 Å². The van der Waals surface area contributed by atoms with Gasteiger partial charge in [-0.1, -0.05) is 49.6 Å². The van der Waals surface area contributed by atoms with Crippen LogP contribution in [-0.2, 0) is 4.79 Å². The normalized spacial score (nSPS) is 15.3. The summed E-state index contributed by atoms with van der Waals surface area (Å²) in [5.41, 5.74) is 3.68. The lowest BCUT2D eigenvalue weighted by Gasteiger charge is -2.20. The number of anilines is 2. The first-order chi connectivity index (χ1) is 16.2. The van der Waals surface area contributed by atoms with Crippen LogP contribution < -0.4 is 10.6 Å². The molecule has 2 heterocycles. The Kier molecular flexibility index (Phi) is 6.02. The van der Waals surface area contributed by atoms with Crippen molar-refractivity contribution in [2.75, 3.05) is 10.6 Å². The number of benzene rings is 2. The third kappa shape index (κ3) is 4.72. The van der Waals surface area contributed by atoms with Gasteiger partial charge in [-0.2, -0.15) is 4.98 Å². The maximum Gasteiger partial charge on any atom is 0.227 e. The summed E-state index contributed by atoms with van der Waals surface area (Å²) >= 11 is 0. The van der Waals surface area contributed by atoms with Gasteiger partial charge < -0.3 is 10.6 Å². The van der Waals surface area contributed by atoms with E-state index in [0.29, 0.717) is 5.95 Å². The van der Waals surface area contributed by atoms with Gasteiger partial charge in [0, 0.05) is 17.8 Å². The van der Waals surface area contributed by atoms with Crippen molar-refractivity contribution in [1.29, 1.82) is 0 Å². The van der Waals surface area contributed by atoms with Crippen molar-refractivity contribution in [3.63, 3.8) is 0 Å². The van der Waals surface area contributed by atoms with Crippen molar-refractivity contribution in [2.45, 2.75) is 45.1 Å². The number of nitrogens with zero attached hydrogens (tertiary/aromatic N) is 4. The molecule has 5 rings (SSSR count). The molecular weight excluding hydrogens is 412 g/mol. The quantitative estimate of drug-likeness (QED) is 0.413. The van der Waals surface area contributed by atoms with E-state index in [1.54, 1.807) is 12.5 Å². The zero-order valence-electron chi connectivity index (χ0n) is 18.7. The van der Waals surface area contributed by atoms with E-state index in [1.165, 1.54) is 12.0 Å². The van der Waals surface area contributed by atoms with Crippen LogP contribution in [0.25, 0.3) is 16.9 Å². The minimum atomic E-state index is 0.0799. The fraction of sp³-hybridized carbons (Fsp3) is 0.308. The number of hydrogen-bond donors (Lipinski definition) is 2. The van der Waals surface area contributed by atoms with Crippen LogP contribution in [0.1, 0.15) is 50.6 Å². The molecule has 1 aliphatic rings. The number of amides is 1. The van der Waals surface area contributed by atoms with E-state index in [0.717, 1.165) is 48.2 Å². The fourth-order valence-corrected chi connectivity index (χ4v) is 4.45. The number of carbonyl (C=O) groups excluding carboxylic acids is 1. The lowest BCUT2D eigenvalue weighted by molar-refractivity contribution is -0.120. The molecule has 1 aliphatic carbocycles. The molecule has 0 aliphatic heterocycles.